The summed E-state index contributed by atoms with van der Waals surface area (Å²) < 4.78 is 47.9. The molecule has 1 aromatic rings. The van der Waals surface area contributed by atoms with Gasteiger partial charge < -0.3 is 25.0 Å². The molecule has 1 rings (SSSR count). The van der Waals surface area contributed by atoms with E-state index in [0.29, 0.717) is 31.3 Å². The SMILES string of the molecule is CCOCCCNC(=NCc1ccc(C)cc1OCC(F)(F)F)NCC(=O)N(C)C.I. The van der Waals surface area contributed by atoms with Gasteiger partial charge in [0.1, 0.15) is 5.75 Å². The van der Waals surface area contributed by atoms with Crippen molar-refractivity contribution >= 4 is 35.8 Å². The average molecular weight is 560 g/mol. The molecule has 0 aliphatic rings. The molecule has 0 aromatic heterocycles. The first-order valence-corrected chi connectivity index (χ1v) is 9.71. The topological polar surface area (TPSA) is 75.2 Å². The summed E-state index contributed by atoms with van der Waals surface area (Å²) >= 11 is 0. The van der Waals surface area contributed by atoms with Gasteiger partial charge in [0.05, 0.1) is 13.1 Å². The molecule has 0 saturated heterocycles. The zero-order chi connectivity index (χ0) is 22.6. The molecule has 0 radical (unpaired) electrons. The molecule has 0 atom stereocenters. The largest absolute Gasteiger partial charge is 0.484 e. The number of amides is 1. The third kappa shape index (κ3) is 13.3. The molecule has 0 aliphatic heterocycles. The van der Waals surface area contributed by atoms with Gasteiger partial charge in [-0.25, -0.2) is 4.99 Å². The van der Waals surface area contributed by atoms with Crippen molar-refractivity contribution in [3.05, 3.63) is 29.3 Å². The van der Waals surface area contributed by atoms with Crippen molar-refractivity contribution in [3.8, 4) is 5.75 Å². The maximum absolute atomic E-state index is 12.5. The van der Waals surface area contributed by atoms with E-state index in [0.717, 1.165) is 12.0 Å². The Morgan fingerprint density at radius 1 is 1.23 bits per heavy atom. The van der Waals surface area contributed by atoms with Crippen LogP contribution in [0.15, 0.2) is 23.2 Å². The van der Waals surface area contributed by atoms with Gasteiger partial charge in [-0.05, 0) is 31.9 Å². The zero-order valence-electron chi connectivity index (χ0n) is 18.3. The molecule has 2 N–H and O–H groups in total. The number of carbonyl (C=O) groups is 1. The molecule has 0 saturated carbocycles. The van der Waals surface area contributed by atoms with Gasteiger partial charge in [0, 0.05) is 39.4 Å². The molecule has 0 fully saturated rings. The van der Waals surface area contributed by atoms with Crippen molar-refractivity contribution in [2.45, 2.75) is 33.0 Å². The number of ether oxygens (including phenoxy) is 2. The van der Waals surface area contributed by atoms with Crippen LogP contribution in [0, 0.1) is 6.92 Å². The third-order valence-corrected chi connectivity index (χ3v) is 3.89. The van der Waals surface area contributed by atoms with Crippen molar-refractivity contribution in [2.24, 2.45) is 4.99 Å². The van der Waals surface area contributed by atoms with E-state index < -0.39 is 12.8 Å². The monoisotopic (exact) mass is 560 g/mol. The van der Waals surface area contributed by atoms with Crippen LogP contribution < -0.4 is 15.4 Å². The summed E-state index contributed by atoms with van der Waals surface area (Å²) in [5.41, 5.74) is 1.29. The molecule has 178 valence electrons. The highest BCUT2D eigenvalue weighted by Gasteiger charge is 2.28. The van der Waals surface area contributed by atoms with Gasteiger partial charge >= 0.3 is 6.18 Å². The van der Waals surface area contributed by atoms with Gasteiger partial charge in [-0.1, -0.05) is 12.1 Å². The standard InChI is InChI=1S/C20H31F3N4O3.HI/c1-5-29-10-6-9-24-19(26-13-18(28)27(3)4)25-12-16-8-7-15(2)11-17(16)30-14-20(21,22)23;/h7-8,11H,5-6,9-10,12-14H2,1-4H3,(H2,24,25,26);1H. The summed E-state index contributed by atoms with van der Waals surface area (Å²) in [4.78, 5) is 17.7. The first-order valence-electron chi connectivity index (χ1n) is 9.71. The first kappa shape index (κ1) is 29.2. The molecular formula is C20H32F3IN4O3. The molecule has 0 heterocycles. The molecular weight excluding hydrogens is 528 g/mol. The summed E-state index contributed by atoms with van der Waals surface area (Å²) in [6.07, 6.45) is -3.69. The van der Waals surface area contributed by atoms with E-state index >= 15 is 0 Å². The maximum Gasteiger partial charge on any atom is 0.422 e. The predicted octanol–water partition coefficient (Wildman–Crippen LogP) is 3.10. The molecule has 0 spiro atoms. The Morgan fingerprint density at radius 2 is 1.94 bits per heavy atom. The molecule has 1 amide bonds. The Hall–Kier alpha value is -1.76. The quantitative estimate of drug-likeness (QED) is 0.188. The zero-order valence-corrected chi connectivity index (χ0v) is 20.7. The number of likely N-dealkylation sites (N-methyl/N-ethyl adjacent to an activating group) is 1. The number of alkyl halides is 3. The number of benzene rings is 1. The minimum atomic E-state index is -4.42. The van der Waals surface area contributed by atoms with Crippen LogP contribution in [-0.4, -0.2) is 69.9 Å². The molecule has 11 heteroatoms. The highest BCUT2D eigenvalue weighted by Crippen LogP contribution is 2.24. The number of aryl methyl sites for hydroxylation is 1. The van der Waals surface area contributed by atoms with E-state index in [4.69, 9.17) is 9.47 Å². The normalized spacial score (nSPS) is 11.5. The van der Waals surface area contributed by atoms with E-state index in [-0.39, 0.29) is 48.7 Å². The number of nitrogens with zero attached hydrogens (tertiary/aromatic N) is 2. The van der Waals surface area contributed by atoms with Crippen LogP contribution in [0.4, 0.5) is 13.2 Å². The van der Waals surface area contributed by atoms with Crippen LogP contribution in [0.3, 0.4) is 0 Å². The molecule has 7 nitrogen and oxygen atoms in total. The fraction of sp³-hybridized carbons (Fsp3) is 0.600. The number of hydrogen-bond acceptors (Lipinski definition) is 4. The van der Waals surface area contributed by atoms with Gasteiger partial charge in [0.2, 0.25) is 5.91 Å². The van der Waals surface area contributed by atoms with Crippen LogP contribution >= 0.6 is 24.0 Å². The lowest BCUT2D eigenvalue weighted by atomic mass is 10.1. The molecule has 0 aliphatic carbocycles. The molecule has 31 heavy (non-hydrogen) atoms. The van der Waals surface area contributed by atoms with E-state index in [1.165, 1.54) is 4.90 Å². The lowest BCUT2D eigenvalue weighted by Gasteiger charge is -2.16. The summed E-state index contributed by atoms with van der Waals surface area (Å²) in [7, 11) is 3.29. The Bertz CT molecular complexity index is 701. The summed E-state index contributed by atoms with van der Waals surface area (Å²) in [6, 6.07) is 5.01. The lowest BCUT2D eigenvalue weighted by Crippen LogP contribution is -2.43. The highest BCUT2D eigenvalue weighted by atomic mass is 127. The Morgan fingerprint density at radius 3 is 2.55 bits per heavy atom. The van der Waals surface area contributed by atoms with Gasteiger partial charge in [0.25, 0.3) is 0 Å². The van der Waals surface area contributed by atoms with Crippen LogP contribution in [0.25, 0.3) is 0 Å². The second-order valence-corrected chi connectivity index (χ2v) is 6.80. The molecule has 0 unspecified atom stereocenters. The number of aliphatic imine (C=N–C) groups is 1. The first-order chi connectivity index (χ1) is 14.1. The number of nitrogens with one attached hydrogen (secondary N) is 2. The van der Waals surface area contributed by atoms with Gasteiger partial charge in [-0.3, -0.25) is 4.79 Å². The van der Waals surface area contributed by atoms with Crippen LogP contribution in [0.1, 0.15) is 24.5 Å². The van der Waals surface area contributed by atoms with Crippen LogP contribution in [0.5, 0.6) is 5.75 Å². The van der Waals surface area contributed by atoms with E-state index in [1.54, 1.807) is 39.2 Å². The lowest BCUT2D eigenvalue weighted by molar-refractivity contribution is -0.153. The van der Waals surface area contributed by atoms with Crippen LogP contribution in [-0.2, 0) is 16.1 Å². The second kappa shape index (κ2) is 15.1. The number of guanidine groups is 1. The smallest absolute Gasteiger partial charge is 0.422 e. The van der Waals surface area contributed by atoms with Crippen molar-refractivity contribution in [1.82, 2.24) is 15.5 Å². The van der Waals surface area contributed by atoms with Crippen molar-refractivity contribution in [1.29, 1.82) is 0 Å². The van der Waals surface area contributed by atoms with E-state index in [2.05, 4.69) is 15.6 Å². The number of carbonyl (C=O) groups excluding carboxylic acids is 1. The fourth-order valence-electron chi connectivity index (χ4n) is 2.27. The fourth-order valence-corrected chi connectivity index (χ4v) is 2.27. The molecule has 0 bridgehead atoms. The highest BCUT2D eigenvalue weighted by molar-refractivity contribution is 14.0. The van der Waals surface area contributed by atoms with Gasteiger partial charge in [-0.2, -0.15) is 13.2 Å². The van der Waals surface area contributed by atoms with Crippen molar-refractivity contribution < 1.29 is 27.4 Å². The van der Waals surface area contributed by atoms with E-state index in [1.807, 2.05) is 6.92 Å². The summed E-state index contributed by atoms with van der Waals surface area (Å²) in [6.45, 7) is 4.21. The molecule has 1 aromatic carbocycles. The number of rotatable bonds is 11. The van der Waals surface area contributed by atoms with Gasteiger partial charge in [-0.15, -0.1) is 24.0 Å². The Kier molecular flexibility index (Phi) is 14.3. The Balaban J connectivity index is 0.00000900. The van der Waals surface area contributed by atoms with Crippen LogP contribution in [0.2, 0.25) is 0 Å². The number of hydrogen-bond donors (Lipinski definition) is 2. The van der Waals surface area contributed by atoms with Gasteiger partial charge in [0.15, 0.2) is 12.6 Å². The minimum absolute atomic E-state index is 0. The third-order valence-electron chi connectivity index (χ3n) is 3.89. The van der Waals surface area contributed by atoms with E-state index in [9.17, 15) is 18.0 Å². The Labute approximate surface area is 198 Å². The van der Waals surface area contributed by atoms with Crippen molar-refractivity contribution in [3.63, 3.8) is 0 Å². The summed E-state index contributed by atoms with van der Waals surface area (Å²) in [5.74, 6) is 0.378. The second-order valence-electron chi connectivity index (χ2n) is 6.80. The number of halogens is 4. The summed E-state index contributed by atoms with van der Waals surface area (Å²) in [5, 5.41) is 6.03. The minimum Gasteiger partial charge on any atom is -0.484 e. The predicted molar refractivity (Wildman–Crippen MR) is 125 cm³/mol. The van der Waals surface area contributed by atoms with Crippen molar-refractivity contribution in [2.75, 3.05) is 47.0 Å². The maximum atomic E-state index is 12.5. The average Bonchev–Trinajstić information content (AvgIpc) is 2.67.